The fraction of sp³-hybridized carbons (Fsp3) is 0.512. The van der Waals surface area contributed by atoms with Crippen LogP contribution in [0.2, 0.25) is 0 Å². The van der Waals surface area contributed by atoms with Gasteiger partial charge in [0, 0.05) is 18.6 Å². The summed E-state index contributed by atoms with van der Waals surface area (Å²) in [6, 6.07) is 18.6. The second kappa shape index (κ2) is 20.8. The van der Waals surface area contributed by atoms with Gasteiger partial charge in [-0.2, -0.15) is 0 Å². The summed E-state index contributed by atoms with van der Waals surface area (Å²) < 4.78 is 10.9. The molecule has 0 heterocycles. The smallest absolute Gasteiger partial charge is 0.335 e. The number of esters is 1. The fourth-order valence-electron chi connectivity index (χ4n) is 7.02. The first-order chi connectivity index (χ1) is 22.8. The summed E-state index contributed by atoms with van der Waals surface area (Å²) in [5, 5.41) is 17.1. The van der Waals surface area contributed by atoms with Crippen molar-refractivity contribution in [1.29, 1.82) is 0 Å². The highest BCUT2D eigenvalue weighted by atomic mass is 16.5. The SMILES string of the molecule is C=C(C=O)CO.C=C(CO)C(=O)OCC(COC)C1CCC(c2ccc(-c3ccc(C4CCC(CC/C=C/C)CC4)cc3)cc2)CC1. The van der Waals surface area contributed by atoms with Crippen LogP contribution in [0.4, 0.5) is 0 Å². The van der Waals surface area contributed by atoms with E-state index in [9.17, 15) is 9.59 Å². The average Bonchev–Trinajstić information content (AvgIpc) is 3.13. The molecule has 0 amide bonds. The summed E-state index contributed by atoms with van der Waals surface area (Å²) in [7, 11) is 1.70. The number of allylic oxidation sites excluding steroid dienone is 2. The first-order valence-corrected chi connectivity index (χ1v) is 17.3. The van der Waals surface area contributed by atoms with Crippen LogP contribution in [0.5, 0.6) is 0 Å². The van der Waals surface area contributed by atoms with Gasteiger partial charge in [0.05, 0.1) is 32.0 Å². The molecule has 2 aromatic carbocycles. The van der Waals surface area contributed by atoms with E-state index < -0.39 is 5.97 Å². The van der Waals surface area contributed by atoms with E-state index in [1.807, 2.05) is 0 Å². The molecule has 1 unspecified atom stereocenters. The molecule has 6 nitrogen and oxygen atoms in total. The third-order valence-corrected chi connectivity index (χ3v) is 10.0. The zero-order valence-electron chi connectivity index (χ0n) is 28.6. The maximum absolute atomic E-state index is 11.9. The number of hydrogen-bond acceptors (Lipinski definition) is 6. The number of ether oxygens (including phenoxy) is 2. The van der Waals surface area contributed by atoms with Crippen molar-refractivity contribution in [2.45, 2.75) is 83.0 Å². The Hall–Kier alpha value is -3.32. The van der Waals surface area contributed by atoms with E-state index in [0.29, 0.717) is 31.3 Å². The van der Waals surface area contributed by atoms with Crippen molar-refractivity contribution in [3.63, 3.8) is 0 Å². The van der Waals surface area contributed by atoms with Crippen molar-refractivity contribution in [3.05, 3.63) is 96.1 Å². The van der Waals surface area contributed by atoms with Crippen LogP contribution in [0.3, 0.4) is 0 Å². The Morgan fingerprint density at radius 1 is 0.830 bits per heavy atom. The lowest BCUT2D eigenvalue weighted by atomic mass is 9.74. The van der Waals surface area contributed by atoms with Crippen molar-refractivity contribution >= 4 is 12.3 Å². The van der Waals surface area contributed by atoms with Crippen molar-refractivity contribution < 1.29 is 29.3 Å². The van der Waals surface area contributed by atoms with Gasteiger partial charge in [-0.05, 0) is 117 Å². The quantitative estimate of drug-likeness (QED) is 0.0876. The molecule has 2 aliphatic carbocycles. The molecule has 0 radical (unpaired) electrons. The van der Waals surface area contributed by atoms with Gasteiger partial charge in [0.25, 0.3) is 0 Å². The molecule has 0 spiro atoms. The molecule has 0 aromatic heterocycles. The summed E-state index contributed by atoms with van der Waals surface area (Å²) in [6.07, 6.45) is 17.4. The Balaban J connectivity index is 0.000000913. The third-order valence-electron chi connectivity index (χ3n) is 10.0. The largest absolute Gasteiger partial charge is 0.462 e. The summed E-state index contributed by atoms with van der Waals surface area (Å²) in [4.78, 5) is 21.4. The first-order valence-electron chi connectivity index (χ1n) is 17.3. The Labute approximate surface area is 282 Å². The Morgan fingerprint density at radius 2 is 1.36 bits per heavy atom. The Morgan fingerprint density at radius 3 is 1.79 bits per heavy atom. The van der Waals surface area contributed by atoms with E-state index in [2.05, 4.69) is 80.8 Å². The summed E-state index contributed by atoms with van der Waals surface area (Å²) in [6.45, 7) is 9.12. The van der Waals surface area contributed by atoms with Crippen molar-refractivity contribution in [2.75, 3.05) is 33.5 Å². The minimum atomic E-state index is -0.518. The van der Waals surface area contributed by atoms with Crippen LogP contribution in [-0.4, -0.2) is 56.0 Å². The molecule has 2 saturated carbocycles. The summed E-state index contributed by atoms with van der Waals surface area (Å²) in [5.41, 5.74) is 5.82. The number of carbonyl (C=O) groups is 2. The molecule has 0 saturated heterocycles. The molecule has 6 heteroatoms. The van der Waals surface area contributed by atoms with Crippen molar-refractivity contribution in [2.24, 2.45) is 17.8 Å². The molecule has 2 fully saturated rings. The number of carbonyl (C=O) groups excluding carboxylic acids is 2. The van der Waals surface area contributed by atoms with Crippen molar-refractivity contribution in [1.82, 2.24) is 0 Å². The molecule has 1 atom stereocenters. The number of methoxy groups -OCH3 is 1. The van der Waals surface area contributed by atoms with Gasteiger partial charge < -0.3 is 19.7 Å². The van der Waals surface area contributed by atoms with E-state index in [1.165, 1.54) is 60.8 Å². The lowest BCUT2D eigenvalue weighted by molar-refractivity contribution is -0.142. The Bertz CT molecular complexity index is 1260. The fourth-order valence-corrected chi connectivity index (χ4v) is 7.02. The lowest BCUT2D eigenvalue weighted by Gasteiger charge is -2.33. The van der Waals surface area contributed by atoms with Crippen LogP contribution < -0.4 is 0 Å². The molecule has 2 aromatic rings. The van der Waals surface area contributed by atoms with Gasteiger partial charge in [0.15, 0.2) is 0 Å². The highest BCUT2D eigenvalue weighted by Crippen LogP contribution is 2.40. The Kier molecular flexibility index (Phi) is 16.9. The van der Waals surface area contributed by atoms with Gasteiger partial charge >= 0.3 is 5.97 Å². The summed E-state index contributed by atoms with van der Waals surface area (Å²) in [5.74, 6) is 2.30. The minimum Gasteiger partial charge on any atom is -0.462 e. The maximum atomic E-state index is 11.9. The highest BCUT2D eigenvalue weighted by Gasteiger charge is 2.29. The molecular weight excluding hydrogens is 588 g/mol. The van der Waals surface area contributed by atoms with E-state index >= 15 is 0 Å². The standard InChI is InChI=1S/C37H50O4.C4H6O2/c1-4-5-6-7-28-8-10-29(11-9-28)30-12-14-31(15-13-30)32-16-18-33(19-17-32)34-20-22-35(23-21-34)36(25-40-3)26-41-37(39)27(2)24-38;1-4(2-5)3-6/h4-5,12-19,28-29,34-36,38H,2,6-11,20-26H2,1,3H3;2,6H,1,3H2/b5-4+;. The molecule has 0 aliphatic heterocycles. The van der Waals surface area contributed by atoms with E-state index in [4.69, 9.17) is 19.7 Å². The van der Waals surface area contributed by atoms with E-state index in [1.54, 1.807) is 7.11 Å². The number of aliphatic hydroxyl groups is 2. The number of benzene rings is 2. The van der Waals surface area contributed by atoms with Gasteiger partial charge in [-0.15, -0.1) is 0 Å². The molecule has 0 bridgehead atoms. The third kappa shape index (κ3) is 12.3. The van der Waals surface area contributed by atoms with Crippen LogP contribution in [0.15, 0.2) is 85.0 Å². The molecule has 2 aliphatic rings. The van der Waals surface area contributed by atoms with Crippen LogP contribution in [-0.2, 0) is 19.1 Å². The van der Waals surface area contributed by atoms with Crippen LogP contribution in [0.25, 0.3) is 11.1 Å². The van der Waals surface area contributed by atoms with Crippen molar-refractivity contribution in [3.8, 4) is 11.1 Å². The topological polar surface area (TPSA) is 93.1 Å². The second-order valence-electron chi connectivity index (χ2n) is 13.2. The second-order valence-corrected chi connectivity index (χ2v) is 13.2. The average molecular weight is 645 g/mol. The molecular formula is C41H56O6. The maximum Gasteiger partial charge on any atom is 0.335 e. The molecule has 47 heavy (non-hydrogen) atoms. The molecule has 256 valence electrons. The number of hydrogen-bond donors (Lipinski definition) is 2. The monoisotopic (exact) mass is 644 g/mol. The van der Waals surface area contributed by atoms with E-state index in [0.717, 1.165) is 37.5 Å². The minimum absolute atomic E-state index is 0.0953. The number of aldehydes is 1. The van der Waals surface area contributed by atoms with E-state index in [-0.39, 0.29) is 30.3 Å². The molecule has 4 rings (SSSR count). The van der Waals surface area contributed by atoms with Gasteiger partial charge in [0.2, 0.25) is 0 Å². The number of rotatable bonds is 15. The van der Waals surface area contributed by atoms with Crippen LogP contribution >= 0.6 is 0 Å². The highest BCUT2D eigenvalue weighted by molar-refractivity contribution is 5.87. The van der Waals surface area contributed by atoms with Gasteiger partial charge in [-0.25, -0.2) is 4.79 Å². The zero-order chi connectivity index (χ0) is 34.0. The predicted octanol–water partition coefficient (Wildman–Crippen LogP) is 8.35. The first kappa shape index (κ1) is 38.1. The molecule has 2 N–H and O–H groups in total. The van der Waals surface area contributed by atoms with Gasteiger partial charge in [-0.3, -0.25) is 4.79 Å². The van der Waals surface area contributed by atoms with Crippen LogP contribution in [0, 0.1) is 17.8 Å². The van der Waals surface area contributed by atoms with Gasteiger partial charge in [-0.1, -0.05) is 73.8 Å². The van der Waals surface area contributed by atoms with Crippen LogP contribution in [0.1, 0.15) is 94.1 Å². The van der Waals surface area contributed by atoms with Gasteiger partial charge in [0.1, 0.15) is 6.29 Å². The summed E-state index contributed by atoms with van der Waals surface area (Å²) >= 11 is 0. The number of aliphatic hydroxyl groups excluding tert-OH is 2. The zero-order valence-corrected chi connectivity index (χ0v) is 28.6. The normalized spacial score (nSPS) is 21.7. The predicted molar refractivity (Wildman–Crippen MR) is 190 cm³/mol. The lowest BCUT2D eigenvalue weighted by Crippen LogP contribution is -2.29.